The predicted octanol–water partition coefficient (Wildman–Crippen LogP) is 0.566. The molecule has 0 aliphatic carbocycles. The van der Waals surface area contributed by atoms with Crippen molar-refractivity contribution in [2.45, 2.75) is 38.8 Å². The molecule has 0 saturated carbocycles. The summed E-state index contributed by atoms with van der Waals surface area (Å²) in [6.45, 7) is 1.93. The van der Waals surface area contributed by atoms with Crippen LogP contribution < -0.4 is 5.32 Å². The zero-order chi connectivity index (χ0) is 8.97. The Morgan fingerprint density at radius 2 is 2.50 bits per heavy atom. The molecule has 1 N–H and O–H groups in total. The zero-order valence-corrected chi connectivity index (χ0v) is 7.13. The molecule has 1 rings (SSSR count). The maximum absolute atomic E-state index is 11.0. The van der Waals surface area contributed by atoms with Crippen molar-refractivity contribution in [3.63, 3.8) is 0 Å². The van der Waals surface area contributed by atoms with Gasteiger partial charge in [-0.1, -0.05) is 6.92 Å². The van der Waals surface area contributed by atoms with Crippen LogP contribution in [0.25, 0.3) is 0 Å². The average molecular weight is 171 g/mol. The molecule has 0 aromatic rings. The van der Waals surface area contributed by atoms with E-state index in [0.29, 0.717) is 19.3 Å². The standard InChI is InChI=1S/C8H13NO3/c1-2-3-6(10)9-7-4-5-8(11)12-7/h7H,2-5H2,1H3,(H,9,10)/t7-/m0/s1. The van der Waals surface area contributed by atoms with E-state index in [1.807, 2.05) is 6.92 Å². The van der Waals surface area contributed by atoms with Gasteiger partial charge in [0.2, 0.25) is 5.91 Å². The number of cyclic esters (lactones) is 1. The first-order valence-corrected chi connectivity index (χ1v) is 4.21. The summed E-state index contributed by atoms with van der Waals surface area (Å²) >= 11 is 0. The lowest BCUT2D eigenvalue weighted by molar-refractivity contribution is -0.143. The lowest BCUT2D eigenvalue weighted by Gasteiger charge is -2.10. The lowest BCUT2D eigenvalue weighted by atomic mass is 10.3. The highest BCUT2D eigenvalue weighted by molar-refractivity contribution is 5.77. The number of hydrogen-bond donors (Lipinski definition) is 1. The van der Waals surface area contributed by atoms with Crippen LogP contribution in [0.15, 0.2) is 0 Å². The highest BCUT2D eigenvalue weighted by Crippen LogP contribution is 2.10. The van der Waals surface area contributed by atoms with E-state index in [4.69, 9.17) is 4.74 Å². The van der Waals surface area contributed by atoms with E-state index in [-0.39, 0.29) is 18.1 Å². The Labute approximate surface area is 71.3 Å². The van der Waals surface area contributed by atoms with Crippen molar-refractivity contribution in [2.24, 2.45) is 0 Å². The molecule has 0 spiro atoms. The van der Waals surface area contributed by atoms with Gasteiger partial charge in [-0.15, -0.1) is 0 Å². The van der Waals surface area contributed by atoms with Gasteiger partial charge in [0.25, 0.3) is 0 Å². The second kappa shape index (κ2) is 4.09. The summed E-state index contributed by atoms with van der Waals surface area (Å²) in [6, 6.07) is 0. The maximum atomic E-state index is 11.0. The van der Waals surface area contributed by atoms with Crippen LogP contribution in [0.3, 0.4) is 0 Å². The summed E-state index contributed by atoms with van der Waals surface area (Å²) in [5, 5.41) is 2.63. The van der Waals surface area contributed by atoms with Crippen LogP contribution in [0.1, 0.15) is 32.6 Å². The van der Waals surface area contributed by atoms with Gasteiger partial charge in [-0.2, -0.15) is 0 Å². The molecule has 0 aromatic carbocycles. The maximum Gasteiger partial charge on any atom is 0.307 e. The van der Waals surface area contributed by atoms with Gasteiger partial charge in [0.1, 0.15) is 0 Å². The lowest BCUT2D eigenvalue weighted by Crippen LogP contribution is -2.34. The number of ether oxygens (including phenoxy) is 1. The molecule has 12 heavy (non-hydrogen) atoms. The first kappa shape index (κ1) is 9.03. The second-order valence-corrected chi connectivity index (χ2v) is 2.83. The van der Waals surface area contributed by atoms with Crippen LogP contribution in [-0.4, -0.2) is 18.1 Å². The van der Waals surface area contributed by atoms with Gasteiger partial charge < -0.3 is 10.1 Å². The Balaban J connectivity index is 2.23. The van der Waals surface area contributed by atoms with Gasteiger partial charge in [-0.05, 0) is 6.42 Å². The summed E-state index contributed by atoms with van der Waals surface area (Å²) in [4.78, 5) is 21.6. The fourth-order valence-corrected chi connectivity index (χ4v) is 1.11. The molecule has 1 heterocycles. The highest BCUT2D eigenvalue weighted by atomic mass is 16.6. The first-order valence-electron chi connectivity index (χ1n) is 4.21. The molecule has 1 fully saturated rings. The van der Waals surface area contributed by atoms with Crippen molar-refractivity contribution >= 4 is 11.9 Å². The minimum absolute atomic E-state index is 0.0443. The van der Waals surface area contributed by atoms with E-state index in [2.05, 4.69) is 5.32 Å². The van der Waals surface area contributed by atoms with Crippen molar-refractivity contribution in [1.29, 1.82) is 0 Å². The van der Waals surface area contributed by atoms with Gasteiger partial charge >= 0.3 is 5.97 Å². The van der Waals surface area contributed by atoms with Gasteiger partial charge in [-0.25, -0.2) is 0 Å². The summed E-state index contributed by atoms with van der Waals surface area (Å²) in [7, 11) is 0. The van der Waals surface area contributed by atoms with E-state index in [0.717, 1.165) is 6.42 Å². The monoisotopic (exact) mass is 171 g/mol. The van der Waals surface area contributed by atoms with Gasteiger partial charge in [0.05, 0.1) is 6.42 Å². The van der Waals surface area contributed by atoms with Crippen LogP contribution in [0.4, 0.5) is 0 Å². The minimum atomic E-state index is -0.378. The number of carbonyl (C=O) groups is 2. The third-order valence-electron chi connectivity index (χ3n) is 1.68. The normalized spacial score (nSPS) is 22.1. The number of hydrogen-bond acceptors (Lipinski definition) is 3. The van der Waals surface area contributed by atoms with Gasteiger partial charge in [0.15, 0.2) is 6.23 Å². The summed E-state index contributed by atoms with van der Waals surface area (Å²) < 4.78 is 4.81. The number of nitrogens with one attached hydrogen (secondary N) is 1. The second-order valence-electron chi connectivity index (χ2n) is 2.83. The number of carbonyl (C=O) groups excluding carboxylic acids is 2. The SMILES string of the molecule is CCCC(=O)N[C@@H]1CCC(=O)O1. The average Bonchev–Trinajstić information content (AvgIpc) is 2.36. The molecule has 1 aliphatic heterocycles. The largest absolute Gasteiger partial charge is 0.442 e. The van der Waals surface area contributed by atoms with Gasteiger partial charge in [0, 0.05) is 12.8 Å². The molecule has 0 radical (unpaired) electrons. The molecule has 1 atom stereocenters. The topological polar surface area (TPSA) is 55.4 Å². The van der Waals surface area contributed by atoms with Crippen molar-refractivity contribution in [1.82, 2.24) is 5.32 Å². The van der Waals surface area contributed by atoms with E-state index in [9.17, 15) is 9.59 Å². The molecule has 1 amide bonds. The first-order chi connectivity index (χ1) is 5.72. The number of rotatable bonds is 3. The third kappa shape index (κ3) is 2.53. The van der Waals surface area contributed by atoms with E-state index < -0.39 is 0 Å². The van der Waals surface area contributed by atoms with E-state index in [1.165, 1.54) is 0 Å². The van der Waals surface area contributed by atoms with Crippen molar-refractivity contribution in [3.05, 3.63) is 0 Å². The summed E-state index contributed by atoms with van der Waals surface area (Å²) in [5.74, 6) is -0.269. The molecule has 4 nitrogen and oxygen atoms in total. The molecular formula is C8H13NO3. The fraction of sp³-hybridized carbons (Fsp3) is 0.750. The smallest absolute Gasteiger partial charge is 0.307 e. The van der Waals surface area contributed by atoms with Crippen LogP contribution in [0, 0.1) is 0 Å². The van der Waals surface area contributed by atoms with Crippen LogP contribution >= 0.6 is 0 Å². The zero-order valence-electron chi connectivity index (χ0n) is 7.13. The molecule has 0 unspecified atom stereocenters. The molecular weight excluding hydrogens is 158 g/mol. The number of amides is 1. The van der Waals surface area contributed by atoms with E-state index >= 15 is 0 Å². The molecule has 1 saturated heterocycles. The summed E-state index contributed by atoms with van der Waals surface area (Å²) in [6.07, 6.45) is 1.95. The molecule has 4 heteroatoms. The highest BCUT2D eigenvalue weighted by Gasteiger charge is 2.23. The molecule has 68 valence electrons. The van der Waals surface area contributed by atoms with Crippen LogP contribution in [-0.2, 0) is 14.3 Å². The van der Waals surface area contributed by atoms with Crippen LogP contribution in [0.2, 0.25) is 0 Å². The van der Waals surface area contributed by atoms with Crippen molar-refractivity contribution < 1.29 is 14.3 Å². The minimum Gasteiger partial charge on any atom is -0.442 e. The van der Waals surface area contributed by atoms with Crippen LogP contribution in [0.5, 0.6) is 0 Å². The molecule has 0 aromatic heterocycles. The Hall–Kier alpha value is -1.06. The fourth-order valence-electron chi connectivity index (χ4n) is 1.11. The Morgan fingerprint density at radius 3 is 3.00 bits per heavy atom. The Kier molecular flexibility index (Phi) is 3.08. The van der Waals surface area contributed by atoms with Gasteiger partial charge in [-0.3, -0.25) is 9.59 Å². The van der Waals surface area contributed by atoms with E-state index in [1.54, 1.807) is 0 Å². The third-order valence-corrected chi connectivity index (χ3v) is 1.68. The van der Waals surface area contributed by atoms with Crippen molar-refractivity contribution in [2.75, 3.05) is 0 Å². The molecule has 0 bridgehead atoms. The Bertz CT molecular complexity index is 191. The predicted molar refractivity (Wildman–Crippen MR) is 42.2 cm³/mol. The summed E-state index contributed by atoms with van der Waals surface area (Å²) in [5.41, 5.74) is 0. The number of esters is 1. The van der Waals surface area contributed by atoms with Crippen molar-refractivity contribution in [3.8, 4) is 0 Å². The molecule has 1 aliphatic rings. The Morgan fingerprint density at radius 1 is 1.75 bits per heavy atom. The quantitative estimate of drug-likeness (QED) is 0.631.